The van der Waals surface area contributed by atoms with Gasteiger partial charge < -0.3 is 36.0 Å². The van der Waals surface area contributed by atoms with Crippen molar-refractivity contribution in [2.24, 2.45) is 0 Å². The van der Waals surface area contributed by atoms with E-state index < -0.39 is 36.6 Å². The molecular weight excluding hydrogens is 296 g/mol. The number of aliphatic hydroxyl groups is 4. The maximum Gasteiger partial charge on any atom is 0.339 e. The Kier molecular flexibility index (Phi) is 4.84. The van der Waals surface area contributed by atoms with Crippen LogP contribution in [-0.4, -0.2) is 73.7 Å². The van der Waals surface area contributed by atoms with Crippen molar-refractivity contribution in [2.75, 3.05) is 11.9 Å². The van der Waals surface area contributed by atoms with Crippen LogP contribution >= 0.6 is 0 Å². The van der Waals surface area contributed by atoms with Gasteiger partial charge in [0.2, 0.25) is 0 Å². The minimum absolute atomic E-state index is 0.0475. The Morgan fingerprint density at radius 3 is 2.45 bits per heavy atom. The van der Waals surface area contributed by atoms with Gasteiger partial charge in [0, 0.05) is 12.2 Å². The molecular formula is C13H18N2O7. The predicted octanol–water partition coefficient (Wildman–Crippen LogP) is -2.12. The summed E-state index contributed by atoms with van der Waals surface area (Å²) in [6.45, 7) is 0.0475. The lowest BCUT2D eigenvalue weighted by atomic mass is 9.94. The van der Waals surface area contributed by atoms with Crippen molar-refractivity contribution < 1.29 is 35.4 Å². The summed E-state index contributed by atoms with van der Waals surface area (Å²) in [5, 5.41) is 62.0. The lowest BCUT2D eigenvalue weighted by Gasteiger charge is -2.39. The third kappa shape index (κ3) is 3.29. The average molecular weight is 314 g/mol. The molecule has 22 heavy (non-hydrogen) atoms. The zero-order valence-corrected chi connectivity index (χ0v) is 11.4. The molecule has 1 aliphatic rings. The maximum atomic E-state index is 10.9. The van der Waals surface area contributed by atoms with Crippen LogP contribution in [0.2, 0.25) is 0 Å². The molecule has 1 aromatic carbocycles. The zero-order chi connectivity index (χ0) is 16.4. The fourth-order valence-corrected chi connectivity index (χ4v) is 2.27. The van der Waals surface area contributed by atoms with E-state index in [-0.39, 0.29) is 17.9 Å². The van der Waals surface area contributed by atoms with Gasteiger partial charge in [-0.3, -0.25) is 5.32 Å². The van der Waals surface area contributed by atoms with Crippen LogP contribution in [0.3, 0.4) is 0 Å². The molecule has 0 bridgehead atoms. The first kappa shape index (κ1) is 16.5. The summed E-state index contributed by atoms with van der Waals surface area (Å²) in [6.07, 6.45) is -5.71. The molecule has 0 aromatic heterocycles. The molecule has 0 amide bonds. The minimum Gasteiger partial charge on any atom is -0.507 e. The van der Waals surface area contributed by atoms with Crippen LogP contribution in [0.5, 0.6) is 5.75 Å². The second-order valence-corrected chi connectivity index (χ2v) is 5.11. The summed E-state index contributed by atoms with van der Waals surface area (Å²) in [6, 6.07) is 3.10. The highest BCUT2D eigenvalue weighted by molar-refractivity contribution is 5.91. The molecule has 9 nitrogen and oxygen atoms in total. The van der Waals surface area contributed by atoms with Crippen LogP contribution in [0.25, 0.3) is 0 Å². The zero-order valence-electron chi connectivity index (χ0n) is 11.4. The number of nitrogens with one attached hydrogen (secondary N) is 2. The van der Waals surface area contributed by atoms with Crippen LogP contribution in [0.4, 0.5) is 5.69 Å². The van der Waals surface area contributed by atoms with E-state index in [1.54, 1.807) is 0 Å². The number of piperidine rings is 1. The van der Waals surface area contributed by atoms with Gasteiger partial charge in [0.25, 0.3) is 0 Å². The number of phenols is 1. The summed E-state index contributed by atoms with van der Waals surface area (Å²) in [7, 11) is 0. The molecule has 1 aliphatic heterocycles. The molecule has 8 N–H and O–H groups in total. The molecule has 9 heteroatoms. The number of anilines is 1. The fourth-order valence-electron chi connectivity index (χ4n) is 2.27. The molecule has 122 valence electrons. The number of carbonyl (C=O) groups is 1. The van der Waals surface area contributed by atoms with Gasteiger partial charge in [-0.05, 0) is 18.2 Å². The van der Waals surface area contributed by atoms with E-state index in [9.17, 15) is 30.3 Å². The number of rotatable bonds is 4. The molecule has 1 heterocycles. The van der Waals surface area contributed by atoms with Gasteiger partial charge >= 0.3 is 5.97 Å². The lowest BCUT2D eigenvalue weighted by Crippen LogP contribution is -2.66. The van der Waals surface area contributed by atoms with Crippen molar-refractivity contribution in [3.63, 3.8) is 0 Å². The highest BCUT2D eigenvalue weighted by atomic mass is 16.4. The molecule has 0 aliphatic carbocycles. The Labute approximate surface area is 125 Å². The predicted molar refractivity (Wildman–Crippen MR) is 74.5 cm³/mol. The van der Waals surface area contributed by atoms with Crippen LogP contribution in [0.15, 0.2) is 18.2 Å². The maximum absolute atomic E-state index is 10.9. The quantitative estimate of drug-likeness (QED) is 0.290. The van der Waals surface area contributed by atoms with Gasteiger partial charge in [0.1, 0.15) is 29.7 Å². The van der Waals surface area contributed by atoms with Gasteiger partial charge in [-0.25, -0.2) is 4.79 Å². The van der Waals surface area contributed by atoms with E-state index in [2.05, 4.69) is 10.6 Å². The highest BCUT2D eigenvalue weighted by Crippen LogP contribution is 2.22. The van der Waals surface area contributed by atoms with E-state index in [1.165, 1.54) is 18.2 Å². The fraction of sp³-hybridized carbons (Fsp3) is 0.462. The second kappa shape index (κ2) is 6.46. The van der Waals surface area contributed by atoms with Crippen LogP contribution in [-0.2, 0) is 0 Å². The van der Waals surface area contributed by atoms with E-state index in [0.29, 0.717) is 5.69 Å². The number of aliphatic hydroxyl groups excluding tert-OH is 4. The Hall–Kier alpha value is -1.91. The number of hydrogen-bond donors (Lipinski definition) is 8. The van der Waals surface area contributed by atoms with Gasteiger partial charge in [0.05, 0.1) is 12.1 Å². The lowest BCUT2D eigenvalue weighted by molar-refractivity contribution is -0.154. The average Bonchev–Trinajstić information content (AvgIpc) is 2.48. The summed E-state index contributed by atoms with van der Waals surface area (Å²) < 4.78 is 0. The van der Waals surface area contributed by atoms with Crippen LogP contribution in [0.1, 0.15) is 10.4 Å². The SMILES string of the molecule is O=C(O)c1cc(NC[C@H]2NC(O)[C@@H](O)[C@@H](O)[C@@H]2O)ccc1O. The Balaban J connectivity index is 2.04. The van der Waals surface area contributed by atoms with Crippen molar-refractivity contribution in [3.8, 4) is 5.75 Å². The van der Waals surface area contributed by atoms with Crippen LogP contribution in [0, 0.1) is 0 Å². The number of aromatic carboxylic acids is 1. The molecule has 1 fully saturated rings. The monoisotopic (exact) mass is 314 g/mol. The van der Waals surface area contributed by atoms with E-state index in [1.807, 2.05) is 0 Å². The second-order valence-electron chi connectivity index (χ2n) is 5.11. The van der Waals surface area contributed by atoms with Crippen molar-refractivity contribution >= 4 is 11.7 Å². The van der Waals surface area contributed by atoms with Gasteiger partial charge in [-0.1, -0.05) is 0 Å². The van der Waals surface area contributed by atoms with Gasteiger partial charge in [-0.2, -0.15) is 0 Å². The third-order valence-electron chi connectivity index (χ3n) is 3.57. The topological polar surface area (TPSA) is 163 Å². The number of aromatic hydroxyl groups is 1. The molecule has 5 atom stereocenters. The van der Waals surface area contributed by atoms with Crippen molar-refractivity contribution in [2.45, 2.75) is 30.6 Å². The van der Waals surface area contributed by atoms with Gasteiger partial charge in [0.15, 0.2) is 0 Å². The Bertz CT molecular complexity index is 553. The summed E-state index contributed by atoms with van der Waals surface area (Å²) >= 11 is 0. The van der Waals surface area contributed by atoms with E-state index >= 15 is 0 Å². The molecule has 0 radical (unpaired) electrons. The third-order valence-corrected chi connectivity index (χ3v) is 3.57. The first-order valence-corrected chi connectivity index (χ1v) is 6.59. The normalized spacial score (nSPS) is 31.7. The van der Waals surface area contributed by atoms with E-state index in [0.717, 1.165) is 0 Å². The minimum atomic E-state index is -1.50. The summed E-state index contributed by atoms with van der Waals surface area (Å²) in [4.78, 5) is 10.9. The van der Waals surface area contributed by atoms with E-state index in [4.69, 9.17) is 5.11 Å². The number of benzene rings is 1. The summed E-state index contributed by atoms with van der Waals surface area (Å²) in [5.74, 6) is -1.66. The molecule has 0 saturated carbocycles. The molecule has 0 spiro atoms. The molecule has 2 rings (SSSR count). The Morgan fingerprint density at radius 1 is 1.14 bits per heavy atom. The van der Waals surface area contributed by atoms with Gasteiger partial charge in [-0.15, -0.1) is 0 Å². The van der Waals surface area contributed by atoms with Crippen molar-refractivity contribution in [1.82, 2.24) is 5.32 Å². The van der Waals surface area contributed by atoms with Crippen molar-refractivity contribution in [3.05, 3.63) is 23.8 Å². The Morgan fingerprint density at radius 2 is 1.82 bits per heavy atom. The van der Waals surface area contributed by atoms with Crippen LogP contribution < -0.4 is 10.6 Å². The first-order chi connectivity index (χ1) is 10.3. The number of hydrogen-bond acceptors (Lipinski definition) is 8. The molecule has 1 aromatic rings. The van der Waals surface area contributed by atoms with Crippen molar-refractivity contribution in [1.29, 1.82) is 0 Å². The molecule has 1 unspecified atom stereocenters. The first-order valence-electron chi connectivity index (χ1n) is 6.59. The number of carboxylic acids is 1. The summed E-state index contributed by atoms with van der Waals surface area (Å²) in [5.41, 5.74) is 0.0944. The standard InChI is InChI=1S/C13H18N2O7/c16-8-2-1-5(3-6(8)13(21)22)14-4-7-9(17)10(18)11(19)12(20)15-7/h1-3,7,9-12,14-20H,4H2,(H,21,22)/t7-,9-,10+,11+,12?/m1/s1. The largest absolute Gasteiger partial charge is 0.507 e. The highest BCUT2D eigenvalue weighted by Gasteiger charge is 2.41. The molecule has 1 saturated heterocycles. The smallest absolute Gasteiger partial charge is 0.339 e. The number of carboxylic acid groups (broad SMARTS) is 1.